The van der Waals surface area contributed by atoms with Gasteiger partial charge in [0, 0.05) is 11.3 Å². The average molecular weight is 228 g/mol. The Morgan fingerprint density at radius 1 is 1.53 bits per heavy atom. The monoisotopic (exact) mass is 228 g/mol. The van der Waals surface area contributed by atoms with Crippen molar-refractivity contribution in [1.29, 1.82) is 0 Å². The Labute approximate surface area is 98.6 Å². The quantitative estimate of drug-likeness (QED) is 0.788. The van der Waals surface area contributed by atoms with E-state index in [0.717, 1.165) is 11.4 Å². The number of aryl methyl sites for hydroxylation is 1. The second kappa shape index (κ2) is 4.61. The summed E-state index contributed by atoms with van der Waals surface area (Å²) in [5.41, 5.74) is 1.53. The summed E-state index contributed by atoms with van der Waals surface area (Å²) in [6.45, 7) is 5.23. The highest BCUT2D eigenvalue weighted by molar-refractivity contribution is 5.99. The van der Waals surface area contributed by atoms with Crippen molar-refractivity contribution in [3.8, 4) is 11.4 Å². The third-order valence-electron chi connectivity index (χ3n) is 2.17. The summed E-state index contributed by atoms with van der Waals surface area (Å²) in [6, 6.07) is 7.32. The van der Waals surface area contributed by atoms with Gasteiger partial charge in [-0.3, -0.25) is 9.89 Å². The van der Waals surface area contributed by atoms with Gasteiger partial charge in [0.1, 0.15) is 5.82 Å². The van der Waals surface area contributed by atoms with Gasteiger partial charge in [0.2, 0.25) is 5.91 Å². The number of nitrogens with one attached hydrogen (secondary N) is 2. The van der Waals surface area contributed by atoms with Gasteiger partial charge in [-0.25, -0.2) is 4.98 Å². The van der Waals surface area contributed by atoms with Crippen LogP contribution in [0.3, 0.4) is 0 Å². The van der Waals surface area contributed by atoms with Gasteiger partial charge < -0.3 is 5.32 Å². The lowest BCUT2D eigenvalue weighted by atomic mass is 10.2. The second-order valence-electron chi connectivity index (χ2n) is 3.52. The fourth-order valence-corrected chi connectivity index (χ4v) is 1.40. The molecule has 5 nitrogen and oxygen atoms in total. The molecular formula is C12H12N4O. The van der Waals surface area contributed by atoms with Crippen molar-refractivity contribution in [3.63, 3.8) is 0 Å². The molecule has 0 bridgehead atoms. The van der Waals surface area contributed by atoms with E-state index in [0.29, 0.717) is 11.5 Å². The van der Waals surface area contributed by atoms with Crippen LogP contribution in [0, 0.1) is 6.92 Å². The fraction of sp³-hybridized carbons (Fsp3) is 0.0833. The van der Waals surface area contributed by atoms with Crippen LogP contribution in [0.5, 0.6) is 0 Å². The Bertz CT molecular complexity index is 559. The predicted molar refractivity (Wildman–Crippen MR) is 65.4 cm³/mol. The van der Waals surface area contributed by atoms with Gasteiger partial charge in [0.25, 0.3) is 0 Å². The van der Waals surface area contributed by atoms with Crippen molar-refractivity contribution in [2.45, 2.75) is 6.92 Å². The zero-order chi connectivity index (χ0) is 12.3. The lowest BCUT2D eigenvalue weighted by molar-refractivity contribution is -0.111. The first kappa shape index (κ1) is 11.1. The molecule has 0 saturated carbocycles. The van der Waals surface area contributed by atoms with Gasteiger partial charge in [-0.2, -0.15) is 5.10 Å². The Kier molecular flexibility index (Phi) is 3.00. The highest BCUT2D eigenvalue weighted by Crippen LogP contribution is 2.19. The molecule has 0 aliphatic carbocycles. The van der Waals surface area contributed by atoms with Crippen LogP contribution in [-0.2, 0) is 4.79 Å². The number of benzene rings is 1. The lowest BCUT2D eigenvalue weighted by Crippen LogP contribution is -2.07. The van der Waals surface area contributed by atoms with Crippen LogP contribution < -0.4 is 5.32 Å². The van der Waals surface area contributed by atoms with Crippen LogP contribution >= 0.6 is 0 Å². The highest BCUT2D eigenvalue weighted by Gasteiger charge is 2.05. The molecule has 2 N–H and O–H groups in total. The standard InChI is InChI=1S/C12H12N4O/c1-3-11(17)14-10-6-4-5-9(7-10)12-13-8(2)15-16-12/h3-7H,1H2,2H3,(H,14,17)(H,13,15,16). The SMILES string of the molecule is C=CC(=O)Nc1cccc(-c2n[nH]c(C)n2)c1. The van der Waals surface area contributed by atoms with Crippen LogP contribution in [0.2, 0.25) is 0 Å². The third-order valence-corrected chi connectivity index (χ3v) is 2.17. The van der Waals surface area contributed by atoms with E-state index in [1.807, 2.05) is 25.1 Å². The Balaban J connectivity index is 2.28. The van der Waals surface area contributed by atoms with E-state index in [1.54, 1.807) is 6.07 Å². The van der Waals surface area contributed by atoms with Crippen LogP contribution in [0.1, 0.15) is 5.82 Å². The minimum atomic E-state index is -0.242. The fourth-order valence-electron chi connectivity index (χ4n) is 1.40. The molecule has 2 aromatic rings. The molecule has 1 heterocycles. The van der Waals surface area contributed by atoms with E-state index < -0.39 is 0 Å². The summed E-state index contributed by atoms with van der Waals surface area (Å²) in [5, 5.41) is 9.52. The summed E-state index contributed by atoms with van der Waals surface area (Å²) in [4.78, 5) is 15.4. The van der Waals surface area contributed by atoms with Gasteiger partial charge in [0.05, 0.1) is 0 Å². The predicted octanol–water partition coefficient (Wildman–Crippen LogP) is 1.90. The molecular weight excluding hydrogens is 216 g/mol. The maximum absolute atomic E-state index is 11.2. The summed E-state index contributed by atoms with van der Waals surface area (Å²) in [6.07, 6.45) is 1.23. The summed E-state index contributed by atoms with van der Waals surface area (Å²) in [5.74, 6) is 1.12. The summed E-state index contributed by atoms with van der Waals surface area (Å²) in [7, 11) is 0. The van der Waals surface area contributed by atoms with Crippen molar-refractivity contribution in [2.75, 3.05) is 5.32 Å². The zero-order valence-corrected chi connectivity index (χ0v) is 9.40. The first-order valence-electron chi connectivity index (χ1n) is 5.12. The molecule has 1 amide bonds. The summed E-state index contributed by atoms with van der Waals surface area (Å²) < 4.78 is 0. The molecule has 17 heavy (non-hydrogen) atoms. The third kappa shape index (κ3) is 2.57. The first-order chi connectivity index (χ1) is 8.19. The number of carbonyl (C=O) groups is 1. The Morgan fingerprint density at radius 3 is 3.00 bits per heavy atom. The van der Waals surface area contributed by atoms with E-state index in [2.05, 4.69) is 27.1 Å². The van der Waals surface area contributed by atoms with Crippen LogP contribution in [0.25, 0.3) is 11.4 Å². The van der Waals surface area contributed by atoms with Crippen molar-refractivity contribution in [3.05, 3.63) is 42.7 Å². The number of aromatic nitrogens is 3. The minimum absolute atomic E-state index is 0.242. The first-order valence-corrected chi connectivity index (χ1v) is 5.12. The molecule has 0 atom stereocenters. The number of rotatable bonds is 3. The molecule has 86 valence electrons. The molecule has 0 saturated heterocycles. The molecule has 2 rings (SSSR count). The molecule has 0 aliphatic heterocycles. The molecule has 0 spiro atoms. The minimum Gasteiger partial charge on any atom is -0.323 e. The van der Waals surface area contributed by atoms with E-state index >= 15 is 0 Å². The van der Waals surface area contributed by atoms with Gasteiger partial charge >= 0.3 is 0 Å². The van der Waals surface area contributed by atoms with Crippen molar-refractivity contribution >= 4 is 11.6 Å². The van der Waals surface area contributed by atoms with Crippen LogP contribution in [0.15, 0.2) is 36.9 Å². The molecule has 0 radical (unpaired) electrons. The van der Waals surface area contributed by atoms with Crippen LogP contribution in [0.4, 0.5) is 5.69 Å². The molecule has 0 unspecified atom stereocenters. The van der Waals surface area contributed by atoms with E-state index in [-0.39, 0.29) is 5.91 Å². The molecule has 1 aromatic carbocycles. The maximum atomic E-state index is 11.2. The smallest absolute Gasteiger partial charge is 0.247 e. The van der Waals surface area contributed by atoms with Crippen molar-refractivity contribution in [1.82, 2.24) is 15.2 Å². The lowest BCUT2D eigenvalue weighted by Gasteiger charge is -2.03. The maximum Gasteiger partial charge on any atom is 0.247 e. The zero-order valence-electron chi connectivity index (χ0n) is 9.40. The van der Waals surface area contributed by atoms with Crippen molar-refractivity contribution < 1.29 is 4.79 Å². The Morgan fingerprint density at radius 2 is 2.35 bits per heavy atom. The number of hydrogen-bond acceptors (Lipinski definition) is 3. The highest BCUT2D eigenvalue weighted by atomic mass is 16.1. The molecule has 0 aliphatic rings. The number of nitrogens with zero attached hydrogens (tertiary/aromatic N) is 2. The number of carbonyl (C=O) groups excluding carboxylic acids is 1. The molecule has 1 aromatic heterocycles. The van der Waals surface area contributed by atoms with E-state index in [9.17, 15) is 4.79 Å². The number of anilines is 1. The Hall–Kier alpha value is -2.43. The van der Waals surface area contributed by atoms with Gasteiger partial charge in [-0.1, -0.05) is 18.7 Å². The van der Waals surface area contributed by atoms with E-state index in [4.69, 9.17) is 0 Å². The van der Waals surface area contributed by atoms with Crippen molar-refractivity contribution in [2.24, 2.45) is 0 Å². The number of aromatic amines is 1. The van der Waals surface area contributed by atoms with Gasteiger partial charge in [-0.15, -0.1) is 0 Å². The summed E-state index contributed by atoms with van der Waals surface area (Å²) >= 11 is 0. The average Bonchev–Trinajstić information content (AvgIpc) is 2.76. The van der Waals surface area contributed by atoms with E-state index in [1.165, 1.54) is 6.08 Å². The van der Waals surface area contributed by atoms with Crippen LogP contribution in [-0.4, -0.2) is 21.1 Å². The van der Waals surface area contributed by atoms with Gasteiger partial charge in [0.15, 0.2) is 5.82 Å². The largest absolute Gasteiger partial charge is 0.323 e. The number of amides is 1. The number of H-pyrrole nitrogens is 1. The topological polar surface area (TPSA) is 70.7 Å². The number of hydrogen-bond donors (Lipinski definition) is 2. The normalized spacial score (nSPS) is 9.94. The molecule has 0 fully saturated rings. The van der Waals surface area contributed by atoms with Gasteiger partial charge in [-0.05, 0) is 25.1 Å². The molecule has 5 heteroatoms. The second-order valence-corrected chi connectivity index (χ2v) is 3.52.